The van der Waals surface area contributed by atoms with Crippen molar-refractivity contribution < 1.29 is 13.9 Å². The van der Waals surface area contributed by atoms with Crippen LogP contribution in [0, 0.1) is 12.7 Å². The first-order valence-corrected chi connectivity index (χ1v) is 5.39. The zero-order valence-electron chi connectivity index (χ0n) is 9.31. The van der Waals surface area contributed by atoms with Crippen molar-refractivity contribution in [3.8, 4) is 5.75 Å². The highest BCUT2D eigenvalue weighted by Crippen LogP contribution is 2.28. The summed E-state index contributed by atoms with van der Waals surface area (Å²) in [5.41, 5.74) is 2.47. The number of rotatable bonds is 0. The lowest BCUT2D eigenvalue weighted by Gasteiger charge is -2.04. The highest BCUT2D eigenvalue weighted by atomic mass is 19.1. The minimum absolute atomic E-state index is 0.144. The normalized spacial score (nSPS) is 11.2. The summed E-state index contributed by atoms with van der Waals surface area (Å²) in [5, 5.41) is 10.6. The largest absolute Gasteiger partial charge is 0.507 e. The van der Waals surface area contributed by atoms with Gasteiger partial charge in [0.2, 0.25) is 11.0 Å². The molecule has 84 valence electrons. The van der Waals surface area contributed by atoms with E-state index in [-0.39, 0.29) is 11.6 Å². The summed E-state index contributed by atoms with van der Waals surface area (Å²) in [7, 11) is 0. The average molecular weight is 228 g/mol. The van der Waals surface area contributed by atoms with E-state index in [4.69, 9.17) is 0 Å². The Bertz CT molecular complexity index is 737. The molecule has 0 aliphatic rings. The van der Waals surface area contributed by atoms with Crippen LogP contribution in [-0.4, -0.2) is 5.11 Å². The van der Waals surface area contributed by atoms with Crippen LogP contribution in [-0.2, 0) is 0 Å². The lowest BCUT2D eigenvalue weighted by molar-refractivity contribution is -0.482. The van der Waals surface area contributed by atoms with Gasteiger partial charge in [-0.3, -0.25) is 0 Å². The van der Waals surface area contributed by atoms with Gasteiger partial charge in [0.15, 0.2) is 6.20 Å². The Morgan fingerprint density at radius 3 is 2.76 bits per heavy atom. The van der Waals surface area contributed by atoms with E-state index in [1.165, 1.54) is 12.1 Å². The van der Waals surface area contributed by atoms with Crippen LogP contribution >= 0.6 is 0 Å². The van der Waals surface area contributed by atoms with Gasteiger partial charge in [0.1, 0.15) is 11.6 Å². The van der Waals surface area contributed by atoms with E-state index in [9.17, 15) is 9.50 Å². The number of hydrogen-bond donors (Lipinski definition) is 1. The number of pyridine rings is 2. The molecule has 2 heterocycles. The predicted octanol–water partition coefficient (Wildman–Crippen LogP) is 2.73. The van der Waals surface area contributed by atoms with E-state index in [1.54, 1.807) is 6.07 Å². The molecule has 0 aliphatic carbocycles. The zero-order valence-corrected chi connectivity index (χ0v) is 9.31. The third kappa shape index (κ3) is 1.35. The summed E-state index contributed by atoms with van der Waals surface area (Å²) < 4.78 is 15.2. The summed E-state index contributed by atoms with van der Waals surface area (Å²) in [6.45, 7) is 1.83. The van der Waals surface area contributed by atoms with Gasteiger partial charge in [-0.15, -0.1) is 0 Å². The maximum absolute atomic E-state index is 13.2. The standard InChI is InChI=1S/C14H10FNO/c1-9-12-4-2-3-7-16(12)13-6-5-10(15)8-11(13)14(9)17/h2-8H,1H3/p+1. The third-order valence-electron chi connectivity index (χ3n) is 3.07. The molecule has 0 atom stereocenters. The molecule has 3 aromatic rings. The topological polar surface area (TPSA) is 24.3 Å². The predicted molar refractivity (Wildman–Crippen MR) is 63.5 cm³/mol. The molecule has 0 radical (unpaired) electrons. The molecule has 1 N–H and O–H groups in total. The van der Waals surface area contributed by atoms with E-state index in [0.29, 0.717) is 5.39 Å². The van der Waals surface area contributed by atoms with Gasteiger partial charge in [-0.1, -0.05) is 0 Å². The first-order chi connectivity index (χ1) is 8.18. The van der Waals surface area contributed by atoms with Crippen LogP contribution in [0.4, 0.5) is 4.39 Å². The van der Waals surface area contributed by atoms with Crippen molar-refractivity contribution in [3.05, 3.63) is 54.0 Å². The third-order valence-corrected chi connectivity index (χ3v) is 3.07. The summed E-state index contributed by atoms with van der Waals surface area (Å²) in [5.74, 6) is -0.200. The molecule has 17 heavy (non-hydrogen) atoms. The lowest BCUT2D eigenvalue weighted by Crippen LogP contribution is -2.23. The van der Waals surface area contributed by atoms with E-state index in [1.807, 2.05) is 35.7 Å². The monoisotopic (exact) mass is 228 g/mol. The number of fused-ring (bicyclic) bond motifs is 3. The molecule has 3 rings (SSSR count). The van der Waals surface area contributed by atoms with Crippen molar-refractivity contribution in [1.82, 2.24) is 0 Å². The molecule has 3 heteroatoms. The molecule has 1 aromatic carbocycles. The molecule has 0 spiro atoms. The van der Waals surface area contributed by atoms with Crippen molar-refractivity contribution >= 4 is 16.4 Å². The Hall–Kier alpha value is -2.16. The first kappa shape index (κ1) is 10.0. The van der Waals surface area contributed by atoms with Crippen LogP contribution in [0.1, 0.15) is 5.56 Å². The molecule has 0 saturated carbocycles. The maximum Gasteiger partial charge on any atom is 0.222 e. The second-order valence-corrected chi connectivity index (χ2v) is 4.09. The molecule has 0 fully saturated rings. The molecule has 0 unspecified atom stereocenters. The van der Waals surface area contributed by atoms with E-state index in [0.717, 1.165) is 16.6 Å². The Kier molecular flexibility index (Phi) is 2.01. The summed E-state index contributed by atoms with van der Waals surface area (Å²) in [6.07, 6.45) is 1.90. The van der Waals surface area contributed by atoms with Gasteiger partial charge in [-0.2, -0.15) is 4.40 Å². The smallest absolute Gasteiger partial charge is 0.222 e. The molecular weight excluding hydrogens is 217 g/mol. The molecule has 0 aliphatic heterocycles. The average Bonchev–Trinajstić information content (AvgIpc) is 2.36. The van der Waals surface area contributed by atoms with E-state index >= 15 is 0 Å². The second kappa shape index (κ2) is 3.42. The van der Waals surface area contributed by atoms with Gasteiger partial charge in [0, 0.05) is 18.2 Å². The van der Waals surface area contributed by atoms with Crippen LogP contribution in [0.25, 0.3) is 16.4 Å². The van der Waals surface area contributed by atoms with Crippen LogP contribution in [0.5, 0.6) is 5.75 Å². The summed E-state index contributed by atoms with van der Waals surface area (Å²) >= 11 is 0. The van der Waals surface area contributed by atoms with Gasteiger partial charge in [-0.05, 0) is 25.1 Å². The number of halogens is 1. The molecular formula is C14H11FNO+. The van der Waals surface area contributed by atoms with Gasteiger partial charge in [-0.25, -0.2) is 4.39 Å². The fourth-order valence-electron chi connectivity index (χ4n) is 2.19. The SMILES string of the molecule is Cc1c(O)c2cc(F)ccc2[n+]2ccccc12. The van der Waals surface area contributed by atoms with Gasteiger partial charge < -0.3 is 5.11 Å². The number of nitrogens with zero attached hydrogens (tertiary/aromatic N) is 1. The van der Waals surface area contributed by atoms with Crippen molar-refractivity contribution in [2.24, 2.45) is 0 Å². The quantitative estimate of drug-likeness (QED) is 0.464. The summed E-state index contributed by atoms with van der Waals surface area (Å²) in [6, 6.07) is 10.2. The van der Waals surface area contributed by atoms with Crippen LogP contribution in [0.3, 0.4) is 0 Å². The minimum atomic E-state index is -0.344. The summed E-state index contributed by atoms with van der Waals surface area (Å²) in [4.78, 5) is 0. The fraction of sp³-hybridized carbons (Fsp3) is 0.0714. The maximum atomic E-state index is 13.2. The van der Waals surface area contributed by atoms with Gasteiger partial charge in [0.05, 0.1) is 10.9 Å². The second-order valence-electron chi connectivity index (χ2n) is 4.09. The van der Waals surface area contributed by atoms with Gasteiger partial charge >= 0.3 is 0 Å². The zero-order chi connectivity index (χ0) is 12.0. The van der Waals surface area contributed by atoms with Gasteiger partial charge in [0.25, 0.3) is 0 Å². The Labute approximate surface area is 97.6 Å². The minimum Gasteiger partial charge on any atom is -0.507 e. The number of benzene rings is 1. The van der Waals surface area contributed by atoms with Crippen molar-refractivity contribution in [1.29, 1.82) is 0 Å². The van der Waals surface area contributed by atoms with Crippen LogP contribution in [0.2, 0.25) is 0 Å². The number of aromatic nitrogens is 1. The molecule has 2 nitrogen and oxygen atoms in total. The molecule has 0 amide bonds. The number of aromatic hydroxyl groups is 1. The Balaban J connectivity index is 2.65. The highest BCUT2D eigenvalue weighted by molar-refractivity contribution is 5.86. The molecule has 2 aromatic heterocycles. The Morgan fingerprint density at radius 1 is 1.12 bits per heavy atom. The molecule has 0 bridgehead atoms. The van der Waals surface area contributed by atoms with E-state index < -0.39 is 0 Å². The molecule has 0 saturated heterocycles. The Morgan fingerprint density at radius 2 is 1.94 bits per heavy atom. The number of hydrogen-bond acceptors (Lipinski definition) is 1. The highest BCUT2D eigenvalue weighted by Gasteiger charge is 2.17. The van der Waals surface area contributed by atoms with E-state index in [2.05, 4.69) is 0 Å². The van der Waals surface area contributed by atoms with Crippen LogP contribution in [0.15, 0.2) is 42.6 Å². The van der Waals surface area contributed by atoms with Crippen LogP contribution < -0.4 is 4.40 Å². The number of aryl methyl sites for hydroxylation is 1. The lowest BCUT2D eigenvalue weighted by atomic mass is 10.1. The fourth-order valence-corrected chi connectivity index (χ4v) is 2.19. The first-order valence-electron chi connectivity index (χ1n) is 5.39. The van der Waals surface area contributed by atoms with Crippen molar-refractivity contribution in [2.45, 2.75) is 6.92 Å². The van der Waals surface area contributed by atoms with Crippen molar-refractivity contribution in [2.75, 3.05) is 0 Å². The van der Waals surface area contributed by atoms with Crippen molar-refractivity contribution in [3.63, 3.8) is 0 Å².